The number of nitrogens with zero attached hydrogens (tertiary/aromatic N) is 4. The van der Waals surface area contributed by atoms with Gasteiger partial charge in [-0.2, -0.15) is 10.2 Å². The van der Waals surface area contributed by atoms with E-state index in [1.165, 1.54) is 62.9 Å². The van der Waals surface area contributed by atoms with Gasteiger partial charge in [0.2, 0.25) is 5.82 Å². The first-order valence-corrected chi connectivity index (χ1v) is 12.8. The topological polar surface area (TPSA) is 87.2 Å². The van der Waals surface area contributed by atoms with E-state index in [0.29, 0.717) is 28.6 Å². The Balaban J connectivity index is 0.000000231. The second-order valence-electron chi connectivity index (χ2n) is 8.35. The Labute approximate surface area is 205 Å². The zero-order valence-corrected chi connectivity index (χ0v) is 20.7. The highest BCUT2D eigenvalue weighted by molar-refractivity contribution is 7.97. The van der Waals surface area contributed by atoms with Gasteiger partial charge in [-0.15, -0.1) is 0 Å². The first kappa shape index (κ1) is 24.3. The molecule has 2 heterocycles. The van der Waals surface area contributed by atoms with Gasteiger partial charge in [-0.3, -0.25) is 4.72 Å². The van der Waals surface area contributed by atoms with Gasteiger partial charge in [0.05, 0.1) is 12.7 Å². The minimum Gasteiger partial charge on any atom is -0.495 e. The molecule has 0 amide bonds. The molecule has 1 N–H and O–H groups in total. The van der Waals surface area contributed by atoms with Crippen LogP contribution in [0, 0.1) is 11.3 Å². The number of ether oxygens (including phenoxy) is 1. The Hall–Kier alpha value is -2.86. The lowest BCUT2D eigenvalue weighted by molar-refractivity contribution is 0.362. The predicted molar refractivity (Wildman–Crippen MR) is 136 cm³/mol. The van der Waals surface area contributed by atoms with E-state index in [1.807, 2.05) is 25.2 Å². The minimum absolute atomic E-state index is 0.403. The van der Waals surface area contributed by atoms with Gasteiger partial charge in [0, 0.05) is 23.4 Å². The fourth-order valence-corrected chi connectivity index (χ4v) is 5.04. The highest BCUT2D eigenvalue weighted by Crippen LogP contribution is 2.32. The molecule has 5 rings (SSSR count). The summed E-state index contributed by atoms with van der Waals surface area (Å²) < 4.78 is 13.7. The maximum atomic E-state index is 9.21. The number of benzene rings is 2. The van der Waals surface area contributed by atoms with Gasteiger partial charge in [0.1, 0.15) is 11.8 Å². The van der Waals surface area contributed by atoms with Crippen molar-refractivity contribution in [2.24, 2.45) is 0 Å². The lowest BCUT2D eigenvalue weighted by Crippen LogP contribution is -2.22. The van der Waals surface area contributed by atoms with Crippen LogP contribution in [-0.2, 0) is 12.8 Å². The highest BCUT2D eigenvalue weighted by atomic mass is 32.2. The fraction of sp³-hybridized carbons (Fsp3) is 0.423. The normalized spacial score (nSPS) is 14.9. The zero-order chi connectivity index (χ0) is 23.8. The number of hydrogen-bond donors (Lipinski definition) is 1. The molecule has 0 unspecified atom stereocenters. The van der Waals surface area contributed by atoms with Crippen molar-refractivity contribution >= 4 is 11.9 Å². The molecular formula is C26H31N5O2S. The van der Waals surface area contributed by atoms with E-state index >= 15 is 0 Å². The standard InChI is InChI=1S/C19H15N3O2.C7H16N2S/c1-23-17-9-8-13(10-14(17)11-20)19-21-18(22-24-19)16-7-3-5-12-4-2-6-15(12)16;1-8-10-7-6-9-4-2-3-5-9/h3,5,7-10H,2,4,6H2,1H3;8H,2-7H2,1H3. The van der Waals surface area contributed by atoms with Crippen LogP contribution in [0.15, 0.2) is 40.9 Å². The van der Waals surface area contributed by atoms with Crippen molar-refractivity contribution in [1.29, 1.82) is 5.26 Å². The zero-order valence-electron chi connectivity index (χ0n) is 19.8. The van der Waals surface area contributed by atoms with Crippen molar-refractivity contribution in [2.75, 3.05) is 39.5 Å². The maximum absolute atomic E-state index is 9.21. The van der Waals surface area contributed by atoms with Crippen LogP contribution in [0.5, 0.6) is 5.75 Å². The number of likely N-dealkylation sites (tertiary alicyclic amines) is 1. The SMILES string of the molecule is CNSCCN1CCCC1.COc1ccc(-c2nc(-c3cccc4c3CCC4)no2)cc1C#N. The van der Waals surface area contributed by atoms with Crippen LogP contribution in [0.3, 0.4) is 0 Å². The lowest BCUT2D eigenvalue weighted by atomic mass is 10.0. The van der Waals surface area contributed by atoms with Gasteiger partial charge in [0.25, 0.3) is 5.89 Å². The van der Waals surface area contributed by atoms with E-state index in [9.17, 15) is 5.26 Å². The molecule has 1 aromatic heterocycles. The van der Waals surface area contributed by atoms with Crippen molar-refractivity contribution in [3.63, 3.8) is 0 Å². The molecule has 1 saturated heterocycles. The first-order valence-electron chi connectivity index (χ1n) is 11.8. The van der Waals surface area contributed by atoms with Gasteiger partial charge in [0.15, 0.2) is 0 Å². The Kier molecular flexibility index (Phi) is 8.58. The van der Waals surface area contributed by atoms with Crippen molar-refractivity contribution < 1.29 is 9.26 Å². The van der Waals surface area contributed by atoms with Crippen molar-refractivity contribution in [3.8, 4) is 34.7 Å². The van der Waals surface area contributed by atoms with Crippen LogP contribution in [0.1, 0.15) is 36.0 Å². The van der Waals surface area contributed by atoms with Crippen LogP contribution in [0.25, 0.3) is 22.8 Å². The molecule has 178 valence electrons. The number of hydrogen-bond acceptors (Lipinski definition) is 8. The van der Waals surface area contributed by atoms with Crippen molar-refractivity contribution in [2.45, 2.75) is 32.1 Å². The average molecular weight is 478 g/mol. The molecule has 7 nitrogen and oxygen atoms in total. The maximum Gasteiger partial charge on any atom is 0.258 e. The molecule has 34 heavy (non-hydrogen) atoms. The van der Waals surface area contributed by atoms with Crippen LogP contribution >= 0.6 is 11.9 Å². The predicted octanol–water partition coefficient (Wildman–Crippen LogP) is 4.72. The molecule has 2 aromatic carbocycles. The molecule has 2 aliphatic rings. The van der Waals surface area contributed by atoms with Gasteiger partial charge in [-0.1, -0.05) is 35.3 Å². The largest absolute Gasteiger partial charge is 0.495 e. The molecule has 0 saturated carbocycles. The number of fused-ring (bicyclic) bond motifs is 1. The number of aromatic nitrogens is 2. The summed E-state index contributed by atoms with van der Waals surface area (Å²) >= 11 is 1.80. The Morgan fingerprint density at radius 2 is 2.03 bits per heavy atom. The molecule has 0 atom stereocenters. The molecular weight excluding hydrogens is 446 g/mol. The summed E-state index contributed by atoms with van der Waals surface area (Å²) in [6.07, 6.45) is 6.14. The van der Waals surface area contributed by atoms with Gasteiger partial charge >= 0.3 is 0 Å². The first-order chi connectivity index (χ1) is 16.7. The summed E-state index contributed by atoms with van der Waals surface area (Å²) in [5.41, 5.74) is 4.87. The van der Waals surface area contributed by atoms with Crippen LogP contribution in [-0.4, -0.2) is 54.6 Å². The summed E-state index contributed by atoms with van der Waals surface area (Å²) in [5, 5.41) is 13.4. The van der Waals surface area contributed by atoms with Gasteiger partial charge in [-0.25, -0.2) is 0 Å². The Bertz CT molecular complexity index is 1130. The van der Waals surface area contributed by atoms with Crippen molar-refractivity contribution in [3.05, 3.63) is 53.1 Å². The van der Waals surface area contributed by atoms with Crippen LogP contribution in [0.2, 0.25) is 0 Å². The summed E-state index contributed by atoms with van der Waals surface area (Å²) in [4.78, 5) is 7.06. The van der Waals surface area contributed by atoms with E-state index in [0.717, 1.165) is 18.4 Å². The summed E-state index contributed by atoms with van der Waals surface area (Å²) in [7, 11) is 3.52. The quantitative estimate of drug-likeness (QED) is 0.386. The van der Waals surface area contributed by atoms with E-state index < -0.39 is 0 Å². The molecule has 3 aromatic rings. The molecule has 0 bridgehead atoms. The second kappa shape index (κ2) is 12.0. The van der Waals surface area contributed by atoms with Gasteiger partial charge in [-0.05, 0) is 81.6 Å². The average Bonchev–Trinajstić information content (AvgIpc) is 3.66. The molecule has 1 fully saturated rings. The Morgan fingerprint density at radius 1 is 1.18 bits per heavy atom. The number of methoxy groups -OCH3 is 1. The third-order valence-electron chi connectivity index (χ3n) is 6.23. The van der Waals surface area contributed by atoms with Gasteiger partial charge < -0.3 is 14.2 Å². The van der Waals surface area contributed by atoms with Crippen LogP contribution < -0.4 is 9.46 Å². The molecule has 0 spiro atoms. The van der Waals surface area contributed by atoms with Crippen molar-refractivity contribution in [1.82, 2.24) is 19.8 Å². The minimum atomic E-state index is 0.403. The number of rotatable bonds is 7. The monoisotopic (exact) mass is 477 g/mol. The summed E-state index contributed by atoms with van der Waals surface area (Å²) in [6, 6.07) is 13.6. The smallest absolute Gasteiger partial charge is 0.258 e. The highest BCUT2D eigenvalue weighted by Gasteiger charge is 2.19. The number of nitriles is 1. The summed E-state index contributed by atoms with van der Waals surface area (Å²) in [6.45, 7) is 3.90. The van der Waals surface area contributed by atoms with E-state index in [-0.39, 0.29) is 0 Å². The lowest BCUT2D eigenvalue weighted by Gasteiger charge is -2.12. The van der Waals surface area contributed by atoms with Crippen LogP contribution in [0.4, 0.5) is 0 Å². The summed E-state index contributed by atoms with van der Waals surface area (Å²) in [5.74, 6) is 2.75. The van der Waals surface area contributed by atoms with E-state index in [2.05, 4.69) is 31.9 Å². The molecule has 8 heteroatoms. The molecule has 1 aliphatic heterocycles. The number of nitrogens with one attached hydrogen (secondary N) is 1. The van der Waals surface area contributed by atoms with E-state index in [4.69, 9.17) is 9.26 Å². The fourth-order valence-electron chi connectivity index (χ4n) is 4.49. The second-order valence-corrected chi connectivity index (χ2v) is 9.45. The molecule has 1 aliphatic carbocycles. The van der Waals surface area contributed by atoms with E-state index in [1.54, 1.807) is 24.1 Å². The molecule has 0 radical (unpaired) electrons. The number of aryl methyl sites for hydroxylation is 1. The Morgan fingerprint density at radius 3 is 2.79 bits per heavy atom. The third kappa shape index (κ3) is 5.79. The third-order valence-corrected chi connectivity index (χ3v) is 6.91.